The smallest absolute Gasteiger partial charge is 0.102 e. The molecule has 1 atom stereocenters. The van der Waals surface area contributed by atoms with Gasteiger partial charge in [0.15, 0.2) is 0 Å². The highest BCUT2D eigenvalue weighted by molar-refractivity contribution is 9.10. The van der Waals surface area contributed by atoms with Gasteiger partial charge in [-0.3, -0.25) is 4.21 Å². The van der Waals surface area contributed by atoms with Crippen LogP contribution in [0.4, 0.5) is 5.69 Å². The molecule has 0 saturated heterocycles. The third-order valence-electron chi connectivity index (χ3n) is 2.28. The van der Waals surface area contributed by atoms with Crippen molar-refractivity contribution in [2.75, 3.05) is 18.2 Å². The molecule has 0 spiro atoms. The molecule has 1 aliphatic rings. The molecule has 1 unspecified atom stereocenters. The van der Waals surface area contributed by atoms with Crippen molar-refractivity contribution in [2.24, 2.45) is 0 Å². The summed E-state index contributed by atoms with van der Waals surface area (Å²) >= 11 is 3.46. The van der Waals surface area contributed by atoms with Crippen LogP contribution < -0.4 is 5.32 Å². The molecule has 0 amide bonds. The van der Waals surface area contributed by atoms with Crippen molar-refractivity contribution in [3.63, 3.8) is 0 Å². The molecule has 1 N–H and O–H groups in total. The van der Waals surface area contributed by atoms with Gasteiger partial charge in [-0.15, -0.1) is 0 Å². The van der Waals surface area contributed by atoms with E-state index in [0.717, 1.165) is 33.8 Å². The summed E-state index contributed by atoms with van der Waals surface area (Å²) in [6.07, 6.45) is 4.30. The highest BCUT2D eigenvalue weighted by Gasteiger charge is 2.08. The molecule has 86 valence electrons. The first kappa shape index (κ1) is 11.7. The van der Waals surface area contributed by atoms with Crippen LogP contribution in [0.25, 0.3) is 0 Å². The minimum Gasteiger partial charge on any atom is -0.499 e. The number of ether oxygens (including phenoxy) is 1. The lowest BCUT2D eigenvalue weighted by Crippen LogP contribution is -1.98. The average Bonchev–Trinajstić information content (AvgIpc) is 2.73. The third kappa shape index (κ3) is 2.65. The summed E-state index contributed by atoms with van der Waals surface area (Å²) in [4.78, 5) is 0.814. The first-order valence-corrected chi connectivity index (χ1v) is 7.22. The number of halogens is 1. The number of nitrogens with one attached hydrogen (secondary N) is 1. The van der Waals surface area contributed by atoms with Crippen LogP contribution >= 0.6 is 15.9 Å². The highest BCUT2D eigenvalue weighted by Crippen LogP contribution is 2.27. The van der Waals surface area contributed by atoms with E-state index in [9.17, 15) is 4.21 Å². The Morgan fingerprint density at radius 1 is 1.50 bits per heavy atom. The SMILES string of the molecule is CS(=O)c1ccc(NC2=COCC2)c(Br)c1. The van der Waals surface area contributed by atoms with Crippen molar-refractivity contribution in [3.05, 3.63) is 34.6 Å². The van der Waals surface area contributed by atoms with Crippen LogP contribution in [-0.4, -0.2) is 17.1 Å². The Morgan fingerprint density at radius 3 is 2.88 bits per heavy atom. The maximum Gasteiger partial charge on any atom is 0.102 e. The fourth-order valence-corrected chi connectivity index (χ4v) is 2.60. The third-order valence-corrected chi connectivity index (χ3v) is 3.86. The molecule has 1 aromatic rings. The fraction of sp³-hybridized carbons (Fsp3) is 0.273. The zero-order valence-electron chi connectivity index (χ0n) is 8.83. The van der Waals surface area contributed by atoms with Crippen molar-refractivity contribution in [1.82, 2.24) is 0 Å². The van der Waals surface area contributed by atoms with E-state index in [0.29, 0.717) is 0 Å². The van der Waals surface area contributed by atoms with Crippen LogP contribution in [0, 0.1) is 0 Å². The van der Waals surface area contributed by atoms with Gasteiger partial charge in [-0.1, -0.05) is 0 Å². The second-order valence-corrected chi connectivity index (χ2v) is 5.72. The molecule has 0 saturated carbocycles. The predicted octanol–water partition coefficient (Wildman–Crippen LogP) is 2.86. The second kappa shape index (κ2) is 5.01. The van der Waals surface area contributed by atoms with Gasteiger partial charge in [-0.25, -0.2) is 0 Å². The number of rotatable bonds is 3. The van der Waals surface area contributed by atoms with E-state index >= 15 is 0 Å². The number of anilines is 1. The maximum absolute atomic E-state index is 11.3. The summed E-state index contributed by atoms with van der Waals surface area (Å²) < 4.78 is 17.3. The Hall–Kier alpha value is -0.810. The number of hydrogen-bond donors (Lipinski definition) is 1. The van der Waals surface area contributed by atoms with Gasteiger partial charge in [-0.2, -0.15) is 0 Å². The summed E-state index contributed by atoms with van der Waals surface area (Å²) in [6, 6.07) is 5.65. The second-order valence-electron chi connectivity index (χ2n) is 3.48. The van der Waals surface area contributed by atoms with E-state index in [2.05, 4.69) is 21.2 Å². The standard InChI is InChI=1S/C11H12BrNO2S/c1-16(14)9-2-3-11(10(12)6-9)13-8-4-5-15-7-8/h2-3,6-7,13H,4-5H2,1H3. The van der Waals surface area contributed by atoms with Crippen LogP contribution in [0.5, 0.6) is 0 Å². The van der Waals surface area contributed by atoms with Crippen molar-refractivity contribution >= 4 is 32.4 Å². The molecule has 0 fully saturated rings. The van der Waals surface area contributed by atoms with E-state index in [4.69, 9.17) is 4.74 Å². The molecule has 5 heteroatoms. The van der Waals surface area contributed by atoms with Crippen molar-refractivity contribution in [2.45, 2.75) is 11.3 Å². The summed E-state index contributed by atoms with van der Waals surface area (Å²) in [5.41, 5.74) is 2.03. The molecule has 0 radical (unpaired) electrons. The van der Waals surface area contributed by atoms with E-state index in [1.165, 1.54) is 0 Å². The van der Waals surface area contributed by atoms with Crippen LogP contribution in [0.1, 0.15) is 6.42 Å². The average molecular weight is 302 g/mol. The molecule has 0 bridgehead atoms. The molecule has 1 heterocycles. The molecule has 2 rings (SSSR count). The first-order chi connectivity index (χ1) is 7.66. The van der Waals surface area contributed by atoms with E-state index in [-0.39, 0.29) is 0 Å². The molecule has 16 heavy (non-hydrogen) atoms. The summed E-state index contributed by atoms with van der Waals surface area (Å²) in [7, 11) is -0.949. The largest absolute Gasteiger partial charge is 0.499 e. The lowest BCUT2D eigenvalue weighted by atomic mass is 10.3. The molecular formula is C11H12BrNO2S. The summed E-state index contributed by atoms with van der Waals surface area (Å²) in [6.45, 7) is 0.733. The minimum absolute atomic E-state index is 0.733. The monoisotopic (exact) mass is 301 g/mol. The van der Waals surface area contributed by atoms with Gasteiger partial charge in [0.25, 0.3) is 0 Å². The van der Waals surface area contributed by atoms with E-state index in [1.54, 1.807) is 12.5 Å². The zero-order chi connectivity index (χ0) is 11.5. The summed E-state index contributed by atoms with van der Waals surface area (Å²) in [5.74, 6) is 0. The van der Waals surface area contributed by atoms with Gasteiger partial charge in [0.05, 0.1) is 18.0 Å². The maximum atomic E-state index is 11.3. The Kier molecular flexibility index (Phi) is 3.66. The van der Waals surface area contributed by atoms with Crippen molar-refractivity contribution in [3.8, 4) is 0 Å². The van der Waals surface area contributed by atoms with Crippen LogP contribution in [0.3, 0.4) is 0 Å². The van der Waals surface area contributed by atoms with Gasteiger partial charge in [0.2, 0.25) is 0 Å². The van der Waals surface area contributed by atoms with Gasteiger partial charge in [0.1, 0.15) is 6.26 Å². The van der Waals surface area contributed by atoms with E-state index < -0.39 is 10.8 Å². The topological polar surface area (TPSA) is 38.3 Å². The fourth-order valence-electron chi connectivity index (χ4n) is 1.43. The quantitative estimate of drug-likeness (QED) is 0.933. The number of benzene rings is 1. The Labute approximate surface area is 105 Å². The lowest BCUT2D eigenvalue weighted by molar-refractivity contribution is 0.281. The molecule has 3 nitrogen and oxygen atoms in total. The first-order valence-electron chi connectivity index (χ1n) is 4.87. The molecule has 0 aromatic heterocycles. The summed E-state index contributed by atoms with van der Waals surface area (Å²) in [5, 5.41) is 3.27. The van der Waals surface area contributed by atoms with Gasteiger partial charge < -0.3 is 10.1 Å². The minimum atomic E-state index is -0.949. The van der Waals surface area contributed by atoms with Crippen molar-refractivity contribution in [1.29, 1.82) is 0 Å². The Morgan fingerprint density at radius 2 is 2.31 bits per heavy atom. The highest BCUT2D eigenvalue weighted by atomic mass is 79.9. The molecule has 1 aromatic carbocycles. The number of hydrogen-bond acceptors (Lipinski definition) is 3. The van der Waals surface area contributed by atoms with Crippen LogP contribution in [-0.2, 0) is 15.5 Å². The lowest BCUT2D eigenvalue weighted by Gasteiger charge is -2.09. The van der Waals surface area contributed by atoms with Gasteiger partial charge in [-0.05, 0) is 34.1 Å². The van der Waals surface area contributed by atoms with E-state index in [1.807, 2.05) is 18.2 Å². The molecule has 1 aliphatic heterocycles. The van der Waals surface area contributed by atoms with Gasteiger partial charge >= 0.3 is 0 Å². The Balaban J connectivity index is 2.19. The Bertz CT molecular complexity index is 459. The predicted molar refractivity (Wildman–Crippen MR) is 68.7 cm³/mol. The van der Waals surface area contributed by atoms with Gasteiger partial charge in [0, 0.05) is 32.8 Å². The van der Waals surface area contributed by atoms with Crippen LogP contribution in [0.2, 0.25) is 0 Å². The van der Waals surface area contributed by atoms with Crippen LogP contribution in [0.15, 0.2) is 39.5 Å². The van der Waals surface area contributed by atoms with Crippen molar-refractivity contribution < 1.29 is 8.95 Å². The zero-order valence-corrected chi connectivity index (χ0v) is 11.2. The molecule has 0 aliphatic carbocycles. The molecular weight excluding hydrogens is 290 g/mol. The normalized spacial score (nSPS) is 16.5.